The fourth-order valence-corrected chi connectivity index (χ4v) is 5.89. The van der Waals surface area contributed by atoms with Gasteiger partial charge in [0.1, 0.15) is 17.5 Å². The van der Waals surface area contributed by atoms with E-state index in [2.05, 4.69) is 33.5 Å². The molecule has 8 nitrogen and oxygen atoms in total. The summed E-state index contributed by atoms with van der Waals surface area (Å²) >= 11 is 12.7. The van der Waals surface area contributed by atoms with Gasteiger partial charge in [-0.1, -0.05) is 23.2 Å². The van der Waals surface area contributed by atoms with Crippen LogP contribution in [0.2, 0.25) is 10.0 Å². The summed E-state index contributed by atoms with van der Waals surface area (Å²) in [5.74, 6) is 1.56. The summed E-state index contributed by atoms with van der Waals surface area (Å²) < 4.78 is 13.9. The number of piperazine rings is 1. The number of halogens is 3. The number of hydrogen-bond acceptors (Lipinski definition) is 8. The van der Waals surface area contributed by atoms with Gasteiger partial charge >= 0.3 is 0 Å². The van der Waals surface area contributed by atoms with Crippen LogP contribution < -0.4 is 14.7 Å². The molecule has 2 aromatic heterocycles. The molecule has 3 aromatic rings. The van der Waals surface area contributed by atoms with Crippen LogP contribution in [0.4, 0.5) is 22.0 Å². The highest BCUT2D eigenvalue weighted by molar-refractivity contribution is 6.33. The van der Waals surface area contributed by atoms with E-state index in [9.17, 15) is 9.18 Å². The van der Waals surface area contributed by atoms with E-state index in [1.807, 2.05) is 6.07 Å². The molecule has 0 bridgehead atoms. The molecule has 0 unspecified atom stereocenters. The van der Waals surface area contributed by atoms with E-state index in [0.717, 1.165) is 30.8 Å². The number of Topliss-reactive ketones (excluding diaryl/α,β-unsaturated/α-hetero) is 1. The van der Waals surface area contributed by atoms with Gasteiger partial charge in [-0.2, -0.15) is 4.98 Å². The summed E-state index contributed by atoms with van der Waals surface area (Å²) in [7, 11) is 0. The zero-order valence-corrected chi connectivity index (χ0v) is 24.2. The van der Waals surface area contributed by atoms with Crippen molar-refractivity contribution in [3.8, 4) is 11.3 Å². The van der Waals surface area contributed by atoms with Gasteiger partial charge in [0.15, 0.2) is 5.78 Å². The smallest absolute Gasteiger partial charge is 0.228 e. The molecule has 11 heteroatoms. The minimum Gasteiger partial charge on any atom is -0.396 e. The van der Waals surface area contributed by atoms with Crippen LogP contribution in [0.5, 0.6) is 0 Å². The van der Waals surface area contributed by atoms with E-state index in [1.54, 1.807) is 24.4 Å². The number of pyridine rings is 1. The number of hydrogen-bond donors (Lipinski definition) is 1. The summed E-state index contributed by atoms with van der Waals surface area (Å²) in [5, 5.41) is 9.49. The van der Waals surface area contributed by atoms with Gasteiger partial charge in [-0.05, 0) is 57.4 Å². The molecule has 2 aliphatic heterocycles. The van der Waals surface area contributed by atoms with Crippen molar-refractivity contribution < 1.29 is 14.3 Å². The van der Waals surface area contributed by atoms with Crippen LogP contribution in [-0.4, -0.2) is 70.7 Å². The van der Waals surface area contributed by atoms with Crippen LogP contribution in [0.15, 0.2) is 36.5 Å². The van der Waals surface area contributed by atoms with Crippen LogP contribution >= 0.6 is 23.2 Å². The first kappa shape index (κ1) is 28.5. The standard InChI is InChI=1S/C29H33Cl2FN6O2/c1-18-5-3-9-38(18)29-34-25(20-7-8-24(32)22(30)13-20)15-27(35-29)37-11-10-36(17-19(37)2)28-23(31)14-21(16-33-28)26(40)6-4-12-39/h7-8,13-16,18-19,39H,3-6,9-12,17H2,1-2H3/t18-,19-/m1/s1. The fourth-order valence-electron chi connectivity index (χ4n) is 5.42. The largest absolute Gasteiger partial charge is 0.396 e. The average molecular weight is 588 g/mol. The summed E-state index contributed by atoms with van der Waals surface area (Å²) in [5.41, 5.74) is 1.88. The molecule has 40 heavy (non-hydrogen) atoms. The number of aliphatic hydroxyl groups is 1. The Hall–Kier alpha value is -3.01. The number of benzene rings is 1. The first-order chi connectivity index (χ1) is 19.2. The first-order valence-corrected chi connectivity index (χ1v) is 14.4. The van der Waals surface area contributed by atoms with E-state index in [4.69, 9.17) is 38.3 Å². The molecular formula is C29H33Cl2FN6O2. The minimum atomic E-state index is -0.465. The lowest BCUT2D eigenvalue weighted by Crippen LogP contribution is -2.52. The Morgan fingerprint density at radius 3 is 2.55 bits per heavy atom. The number of rotatable bonds is 8. The van der Waals surface area contributed by atoms with Crippen molar-refractivity contribution >= 4 is 46.6 Å². The molecule has 0 aliphatic carbocycles. The maximum absolute atomic E-state index is 13.9. The molecule has 1 N–H and O–H groups in total. The molecular weight excluding hydrogens is 554 g/mol. The zero-order chi connectivity index (χ0) is 28.4. The third-order valence-corrected chi connectivity index (χ3v) is 8.22. The second kappa shape index (κ2) is 12.2. The molecule has 4 heterocycles. The fraction of sp³-hybridized carbons (Fsp3) is 0.448. The molecule has 2 atom stereocenters. The van der Waals surface area contributed by atoms with E-state index < -0.39 is 5.82 Å². The Morgan fingerprint density at radius 2 is 1.88 bits per heavy atom. The number of nitrogens with zero attached hydrogens (tertiary/aromatic N) is 6. The molecule has 2 saturated heterocycles. The zero-order valence-electron chi connectivity index (χ0n) is 22.7. The van der Waals surface area contributed by atoms with Gasteiger partial charge in [0.25, 0.3) is 0 Å². The second-order valence-electron chi connectivity index (χ2n) is 10.5. The van der Waals surface area contributed by atoms with E-state index >= 15 is 0 Å². The lowest BCUT2D eigenvalue weighted by Gasteiger charge is -2.41. The number of carbonyl (C=O) groups excluding carboxylic acids is 1. The second-order valence-corrected chi connectivity index (χ2v) is 11.3. The van der Waals surface area contributed by atoms with Crippen LogP contribution in [0.1, 0.15) is 49.9 Å². The van der Waals surface area contributed by atoms with Crippen molar-refractivity contribution in [2.24, 2.45) is 0 Å². The van der Waals surface area contributed by atoms with Crippen LogP contribution in [0.25, 0.3) is 11.3 Å². The van der Waals surface area contributed by atoms with E-state index in [-0.39, 0.29) is 29.9 Å². The van der Waals surface area contributed by atoms with Crippen molar-refractivity contribution in [1.82, 2.24) is 15.0 Å². The van der Waals surface area contributed by atoms with Gasteiger partial charge in [0.05, 0.1) is 15.7 Å². The topological polar surface area (TPSA) is 85.7 Å². The molecule has 0 radical (unpaired) electrons. The van der Waals surface area contributed by atoms with Crippen molar-refractivity contribution in [1.29, 1.82) is 0 Å². The Kier molecular flexibility index (Phi) is 8.73. The molecule has 1 aromatic carbocycles. The predicted molar refractivity (Wildman–Crippen MR) is 157 cm³/mol. The molecule has 2 aliphatic rings. The van der Waals surface area contributed by atoms with Gasteiger partial charge < -0.3 is 19.8 Å². The number of ketones is 1. The van der Waals surface area contributed by atoms with Crippen LogP contribution in [0.3, 0.4) is 0 Å². The molecule has 0 saturated carbocycles. The number of aromatic nitrogens is 3. The normalized spacial score (nSPS) is 19.4. The molecule has 5 rings (SSSR count). The Balaban J connectivity index is 1.40. The maximum atomic E-state index is 13.9. The highest BCUT2D eigenvalue weighted by Gasteiger charge is 2.30. The highest BCUT2D eigenvalue weighted by Crippen LogP contribution is 2.33. The van der Waals surface area contributed by atoms with Gasteiger partial charge in [0.2, 0.25) is 5.95 Å². The number of anilines is 3. The molecule has 2 fully saturated rings. The summed E-state index contributed by atoms with van der Waals surface area (Å²) in [4.78, 5) is 33.3. The first-order valence-electron chi connectivity index (χ1n) is 13.7. The van der Waals surface area contributed by atoms with Crippen molar-refractivity contribution in [2.45, 2.75) is 51.6 Å². The quantitative estimate of drug-likeness (QED) is 0.339. The lowest BCUT2D eigenvalue weighted by atomic mass is 10.1. The molecule has 212 valence electrons. The van der Waals surface area contributed by atoms with Crippen LogP contribution in [-0.2, 0) is 0 Å². The third-order valence-electron chi connectivity index (χ3n) is 7.65. The van der Waals surface area contributed by atoms with Gasteiger partial charge in [-0.3, -0.25) is 4.79 Å². The molecule has 0 amide bonds. The Bertz CT molecular complexity index is 1390. The van der Waals surface area contributed by atoms with Gasteiger partial charge in [-0.25, -0.2) is 14.4 Å². The summed E-state index contributed by atoms with van der Waals surface area (Å²) in [6.45, 7) is 7.15. The average Bonchev–Trinajstić information content (AvgIpc) is 3.38. The highest BCUT2D eigenvalue weighted by atomic mass is 35.5. The third kappa shape index (κ3) is 6.01. The lowest BCUT2D eigenvalue weighted by molar-refractivity contribution is 0.0971. The summed E-state index contributed by atoms with van der Waals surface area (Å²) in [6.07, 6.45) is 4.40. The van der Waals surface area contributed by atoms with Gasteiger partial charge in [-0.15, -0.1) is 0 Å². The SMILES string of the molecule is C[C@@H]1CN(c2ncc(C(=O)CCCO)cc2Cl)CCN1c1cc(-c2ccc(F)c(Cl)c2)nc(N2CCC[C@H]2C)n1. The minimum absolute atomic E-state index is 0.0306. The maximum Gasteiger partial charge on any atom is 0.228 e. The predicted octanol–water partition coefficient (Wildman–Crippen LogP) is 5.64. The summed E-state index contributed by atoms with van der Waals surface area (Å²) in [6, 6.07) is 8.67. The number of aliphatic hydroxyl groups excluding tert-OH is 1. The van der Waals surface area contributed by atoms with Crippen LogP contribution in [0, 0.1) is 5.82 Å². The van der Waals surface area contributed by atoms with Gasteiger partial charge in [0, 0.05) is 74.7 Å². The van der Waals surface area contributed by atoms with E-state index in [0.29, 0.717) is 60.1 Å². The number of carbonyl (C=O) groups is 1. The van der Waals surface area contributed by atoms with Crippen molar-refractivity contribution in [2.75, 3.05) is 47.5 Å². The van der Waals surface area contributed by atoms with Crippen molar-refractivity contribution in [3.63, 3.8) is 0 Å². The molecule has 0 spiro atoms. The van der Waals surface area contributed by atoms with Crippen molar-refractivity contribution in [3.05, 3.63) is 58.0 Å². The van der Waals surface area contributed by atoms with E-state index in [1.165, 1.54) is 6.07 Å². The Morgan fingerprint density at radius 1 is 1.05 bits per heavy atom. The Labute approximate surface area is 243 Å². The monoisotopic (exact) mass is 586 g/mol.